The van der Waals surface area contributed by atoms with Crippen molar-refractivity contribution in [1.82, 2.24) is 25.8 Å². The summed E-state index contributed by atoms with van der Waals surface area (Å²) in [6.07, 6.45) is 2.38. The highest BCUT2D eigenvalue weighted by Gasteiger charge is 2.40. The largest absolute Gasteiger partial charge is 0.484 e. The van der Waals surface area contributed by atoms with Gasteiger partial charge >= 0.3 is 0 Å². The fraction of sp³-hybridized carbons (Fsp3) is 0.457. The van der Waals surface area contributed by atoms with Crippen LogP contribution in [-0.2, 0) is 25.6 Å². The van der Waals surface area contributed by atoms with Crippen LogP contribution in [0.4, 0.5) is 4.39 Å². The van der Waals surface area contributed by atoms with Crippen LogP contribution in [-0.4, -0.2) is 102 Å². The van der Waals surface area contributed by atoms with Gasteiger partial charge in [0.2, 0.25) is 17.7 Å². The predicted molar refractivity (Wildman–Crippen MR) is 174 cm³/mol. The number of amides is 5. The van der Waals surface area contributed by atoms with Crippen molar-refractivity contribution in [2.24, 2.45) is 5.41 Å². The van der Waals surface area contributed by atoms with Crippen molar-refractivity contribution >= 4 is 40.5 Å². The van der Waals surface area contributed by atoms with Crippen LogP contribution in [0, 0.1) is 11.2 Å². The predicted octanol–water partition coefficient (Wildman–Crippen LogP) is 1.52. The molecule has 2 aromatic carbocycles. The van der Waals surface area contributed by atoms with Gasteiger partial charge in [0.25, 0.3) is 11.8 Å². The van der Waals surface area contributed by atoms with E-state index in [1.165, 1.54) is 24.0 Å². The quantitative estimate of drug-likeness (QED) is 0.317. The highest BCUT2D eigenvalue weighted by molar-refractivity contribution is 5.96. The summed E-state index contributed by atoms with van der Waals surface area (Å²) < 4.78 is 25.6. The Morgan fingerprint density at radius 3 is 2.55 bits per heavy atom. The lowest BCUT2D eigenvalue weighted by atomic mass is 9.73. The second-order valence-corrected chi connectivity index (χ2v) is 13.1. The summed E-state index contributed by atoms with van der Waals surface area (Å²) in [7, 11) is 0. The molecular weight excluding hydrogens is 637 g/mol. The summed E-state index contributed by atoms with van der Waals surface area (Å²) in [6, 6.07) is 10.2. The van der Waals surface area contributed by atoms with E-state index >= 15 is 0 Å². The minimum Gasteiger partial charge on any atom is -0.484 e. The zero-order valence-corrected chi connectivity index (χ0v) is 27.2. The Balaban J connectivity index is 1.23. The van der Waals surface area contributed by atoms with Crippen molar-refractivity contribution in [3.8, 4) is 5.75 Å². The van der Waals surface area contributed by atoms with Gasteiger partial charge in [-0.25, -0.2) is 4.39 Å². The molecule has 0 aliphatic carbocycles. The van der Waals surface area contributed by atoms with E-state index in [4.69, 9.17) is 9.15 Å². The average Bonchev–Trinajstić information content (AvgIpc) is 3.77. The molecule has 13 nitrogen and oxygen atoms in total. The van der Waals surface area contributed by atoms with E-state index in [0.717, 1.165) is 5.56 Å². The Morgan fingerprint density at radius 1 is 1.02 bits per heavy atom. The van der Waals surface area contributed by atoms with Crippen molar-refractivity contribution in [2.75, 3.05) is 39.4 Å². The van der Waals surface area contributed by atoms with Crippen LogP contribution < -0.4 is 20.7 Å². The van der Waals surface area contributed by atoms with Crippen molar-refractivity contribution < 1.29 is 42.6 Å². The normalized spacial score (nSPS) is 23.9. The minimum atomic E-state index is -1.26. The molecule has 49 heavy (non-hydrogen) atoms. The van der Waals surface area contributed by atoms with Crippen LogP contribution in [0.5, 0.6) is 5.75 Å². The lowest BCUT2D eigenvalue weighted by molar-refractivity contribution is -0.142. The smallest absolute Gasteiger partial charge is 0.289 e. The zero-order chi connectivity index (χ0) is 34.7. The molecule has 4 heterocycles. The number of fused-ring (bicyclic) bond motifs is 4. The highest BCUT2D eigenvalue weighted by Crippen LogP contribution is 2.36. The minimum absolute atomic E-state index is 0.0217. The summed E-state index contributed by atoms with van der Waals surface area (Å²) in [5, 5.41) is 18.8. The second kappa shape index (κ2) is 14.2. The first-order valence-corrected chi connectivity index (χ1v) is 16.5. The molecule has 260 valence electrons. The van der Waals surface area contributed by atoms with Gasteiger partial charge in [-0.2, -0.15) is 0 Å². The topological polar surface area (TPSA) is 171 Å². The Labute approximate surface area is 282 Å². The van der Waals surface area contributed by atoms with Gasteiger partial charge < -0.3 is 40.0 Å². The third-order valence-electron chi connectivity index (χ3n) is 9.71. The first-order valence-electron chi connectivity index (χ1n) is 16.5. The molecule has 0 saturated carbocycles. The average molecular weight is 678 g/mol. The molecule has 3 aliphatic heterocycles. The number of para-hydroxylation sites is 1. The van der Waals surface area contributed by atoms with E-state index in [9.17, 15) is 33.5 Å². The number of carbonyl (C=O) groups is 5. The van der Waals surface area contributed by atoms with Crippen molar-refractivity contribution in [2.45, 2.75) is 57.2 Å². The number of nitrogens with zero attached hydrogens (tertiary/aromatic N) is 2. The molecule has 1 spiro atoms. The summed E-state index contributed by atoms with van der Waals surface area (Å²) in [5.74, 6) is -2.51. The molecule has 3 aliphatic rings. The highest BCUT2D eigenvalue weighted by atomic mass is 19.1. The van der Waals surface area contributed by atoms with E-state index in [2.05, 4.69) is 16.0 Å². The fourth-order valence-corrected chi connectivity index (χ4v) is 6.97. The molecule has 0 radical (unpaired) electrons. The summed E-state index contributed by atoms with van der Waals surface area (Å²) in [5.41, 5.74) is 0.349. The molecule has 2 fully saturated rings. The molecule has 0 unspecified atom stereocenters. The lowest BCUT2D eigenvalue weighted by Gasteiger charge is -2.42. The molecule has 2 bridgehead atoms. The van der Waals surface area contributed by atoms with E-state index in [0.29, 0.717) is 62.9 Å². The van der Waals surface area contributed by atoms with Crippen LogP contribution >= 0.6 is 0 Å². The number of hydrogen-bond acceptors (Lipinski definition) is 8. The molecule has 14 heteroatoms. The molecular formula is C35H40FN5O8. The number of furan rings is 1. The van der Waals surface area contributed by atoms with E-state index < -0.39 is 59.6 Å². The van der Waals surface area contributed by atoms with Gasteiger partial charge in [0.05, 0.1) is 6.61 Å². The number of piperidine rings is 1. The molecule has 1 aromatic heterocycles. The number of carbonyl (C=O) groups excluding carboxylic acids is 5. The standard InChI is InChI=1S/C35H40FN5O8/c1-21-33(46)41-12-4-9-27(41)32(45)39-26(18-42)31(44)37-20-35(17-22-5-2-7-24(15-22)48-19-29(43)38-21)10-13-40(14-11-35)34(47)28-16-23-6-3-8-25(36)30(23)49-28/h2-3,5-8,15-16,21,26-27,42H,4,9-14,17-20H2,1H3,(H,37,44)(H,38,43)(H,39,45)/t21-,26-,27-/m0/s1. The SMILES string of the molecule is C[C@@H]1NC(=O)COc2cccc(c2)CC2(CCN(C(=O)c3cc4cccc(F)c4o3)CC2)CNC(=O)[C@H](CO)NC(=O)[C@@H]2CCCN2C1=O. The summed E-state index contributed by atoms with van der Waals surface area (Å²) in [6.45, 7) is 1.70. The number of hydrogen-bond donors (Lipinski definition) is 4. The number of likely N-dealkylation sites (tertiary alicyclic amines) is 1. The second-order valence-electron chi connectivity index (χ2n) is 13.1. The number of ether oxygens (including phenoxy) is 1. The van der Waals surface area contributed by atoms with Gasteiger partial charge in [0.15, 0.2) is 23.8 Å². The molecule has 2 saturated heterocycles. The van der Waals surface area contributed by atoms with Gasteiger partial charge in [-0.05, 0) is 74.3 Å². The third-order valence-corrected chi connectivity index (χ3v) is 9.71. The van der Waals surface area contributed by atoms with E-state index in [1.807, 2.05) is 12.1 Å². The van der Waals surface area contributed by atoms with Gasteiger partial charge in [-0.3, -0.25) is 24.0 Å². The Morgan fingerprint density at radius 2 is 1.80 bits per heavy atom. The molecule has 5 amide bonds. The number of rotatable bonds is 2. The molecule has 6 rings (SSSR count). The van der Waals surface area contributed by atoms with Gasteiger partial charge in [-0.1, -0.05) is 24.3 Å². The summed E-state index contributed by atoms with van der Waals surface area (Å²) >= 11 is 0. The fourth-order valence-electron chi connectivity index (χ4n) is 6.97. The molecule has 4 N–H and O–H groups in total. The van der Waals surface area contributed by atoms with Crippen LogP contribution in [0.1, 0.15) is 48.7 Å². The maximum absolute atomic E-state index is 14.2. The maximum Gasteiger partial charge on any atom is 0.289 e. The lowest BCUT2D eigenvalue weighted by Crippen LogP contribution is -2.57. The molecule has 3 aromatic rings. The van der Waals surface area contributed by atoms with Crippen LogP contribution in [0.2, 0.25) is 0 Å². The monoisotopic (exact) mass is 677 g/mol. The number of aliphatic hydroxyl groups is 1. The first kappa shape index (κ1) is 33.9. The van der Waals surface area contributed by atoms with E-state index in [-0.39, 0.29) is 30.4 Å². The van der Waals surface area contributed by atoms with Crippen molar-refractivity contribution in [3.63, 3.8) is 0 Å². The Kier molecular flexibility index (Phi) is 9.86. The van der Waals surface area contributed by atoms with Gasteiger partial charge in [0.1, 0.15) is 23.9 Å². The van der Waals surface area contributed by atoms with Crippen LogP contribution in [0.25, 0.3) is 11.0 Å². The van der Waals surface area contributed by atoms with Crippen molar-refractivity contribution in [1.29, 1.82) is 0 Å². The zero-order valence-electron chi connectivity index (χ0n) is 27.2. The Hall–Kier alpha value is -4.98. The van der Waals surface area contributed by atoms with Crippen LogP contribution in [0.15, 0.2) is 52.9 Å². The summed E-state index contributed by atoms with van der Waals surface area (Å²) in [4.78, 5) is 69.1. The van der Waals surface area contributed by atoms with E-state index in [1.54, 1.807) is 29.2 Å². The maximum atomic E-state index is 14.2. The number of aliphatic hydroxyl groups excluding tert-OH is 1. The number of nitrogens with one attached hydrogen (secondary N) is 3. The van der Waals surface area contributed by atoms with Gasteiger partial charge in [-0.15, -0.1) is 0 Å². The number of benzene rings is 2. The Bertz CT molecular complexity index is 1750. The van der Waals surface area contributed by atoms with Crippen LogP contribution in [0.3, 0.4) is 0 Å². The van der Waals surface area contributed by atoms with Crippen molar-refractivity contribution in [3.05, 3.63) is 65.7 Å². The number of halogens is 1. The molecule has 3 atom stereocenters. The third kappa shape index (κ3) is 7.38. The first-order chi connectivity index (χ1) is 23.6. The van der Waals surface area contributed by atoms with Gasteiger partial charge in [0, 0.05) is 31.6 Å².